The molecule has 0 aromatic heterocycles. The minimum absolute atomic E-state index is 0.383. The average molecular weight is 580 g/mol. The molecule has 0 spiro atoms. The summed E-state index contributed by atoms with van der Waals surface area (Å²) in [6.07, 6.45) is 0. The van der Waals surface area contributed by atoms with Gasteiger partial charge in [0.05, 0.1) is 11.2 Å². The Labute approximate surface area is 263 Å². The van der Waals surface area contributed by atoms with Gasteiger partial charge in [0.1, 0.15) is 0 Å². The summed E-state index contributed by atoms with van der Waals surface area (Å²) in [7, 11) is -0.394. The van der Waals surface area contributed by atoms with Crippen LogP contribution in [0.2, 0.25) is 0 Å². The number of benzene rings is 5. The van der Waals surface area contributed by atoms with Gasteiger partial charge < -0.3 is 14.2 Å². The number of nitrogens with zero attached hydrogens (tertiary/aromatic N) is 1. The van der Waals surface area contributed by atoms with E-state index in [1.807, 2.05) is 0 Å². The molecule has 1 aliphatic heterocycles. The van der Waals surface area contributed by atoms with Gasteiger partial charge >= 0.3 is 7.12 Å². The van der Waals surface area contributed by atoms with Crippen molar-refractivity contribution in [2.75, 3.05) is 4.90 Å². The van der Waals surface area contributed by atoms with Gasteiger partial charge in [0.25, 0.3) is 0 Å². The van der Waals surface area contributed by atoms with E-state index in [0.717, 1.165) is 28.1 Å². The highest BCUT2D eigenvalue weighted by atomic mass is 16.7. The Bertz CT molecular complexity index is 1710. The van der Waals surface area contributed by atoms with Crippen molar-refractivity contribution in [1.82, 2.24) is 0 Å². The molecular formula is C40H42BNO2. The molecule has 44 heavy (non-hydrogen) atoms. The maximum Gasteiger partial charge on any atom is 0.495 e. The number of anilines is 3. The lowest BCUT2D eigenvalue weighted by Crippen LogP contribution is -2.41. The van der Waals surface area contributed by atoms with E-state index in [-0.39, 0.29) is 11.2 Å². The molecule has 0 saturated carbocycles. The van der Waals surface area contributed by atoms with Gasteiger partial charge in [-0.1, -0.05) is 98.8 Å². The third-order valence-corrected chi connectivity index (χ3v) is 9.29. The number of rotatable bonds is 7. The van der Waals surface area contributed by atoms with Crippen molar-refractivity contribution < 1.29 is 9.31 Å². The van der Waals surface area contributed by atoms with Gasteiger partial charge in [-0.15, -0.1) is 0 Å². The first-order valence-corrected chi connectivity index (χ1v) is 15.6. The van der Waals surface area contributed by atoms with E-state index in [2.05, 4.69) is 175 Å². The van der Waals surface area contributed by atoms with Crippen molar-refractivity contribution >= 4 is 29.6 Å². The normalized spacial score (nSPS) is 15.5. The first kappa shape index (κ1) is 29.9. The number of hydrogen-bond acceptors (Lipinski definition) is 3. The molecule has 1 saturated heterocycles. The van der Waals surface area contributed by atoms with E-state index in [4.69, 9.17) is 9.31 Å². The first-order chi connectivity index (χ1) is 21.0. The van der Waals surface area contributed by atoms with Crippen LogP contribution in [0.3, 0.4) is 0 Å². The summed E-state index contributed by atoms with van der Waals surface area (Å²) in [6, 6.07) is 43.7. The Morgan fingerprint density at radius 2 is 0.977 bits per heavy atom. The maximum atomic E-state index is 6.40. The van der Waals surface area contributed by atoms with E-state index >= 15 is 0 Å². The highest BCUT2D eigenvalue weighted by Crippen LogP contribution is 2.39. The van der Waals surface area contributed by atoms with Crippen LogP contribution in [-0.2, 0) is 9.31 Å². The van der Waals surface area contributed by atoms with Crippen LogP contribution >= 0.6 is 0 Å². The molecule has 1 heterocycles. The van der Waals surface area contributed by atoms with Gasteiger partial charge in [0.15, 0.2) is 0 Å². The lowest BCUT2D eigenvalue weighted by molar-refractivity contribution is 0.00578. The predicted molar refractivity (Wildman–Crippen MR) is 187 cm³/mol. The SMILES string of the molecule is Cc1cc(N(c2ccc(-c3ccccc3)cc2)c2ccc(-c3ccc(C(C)C)cc3)cc2)ccc1B1OC(C)(C)C(C)(C)O1. The summed E-state index contributed by atoms with van der Waals surface area (Å²) in [4.78, 5) is 2.32. The molecule has 0 unspecified atom stereocenters. The molecule has 5 aromatic rings. The summed E-state index contributed by atoms with van der Waals surface area (Å²) in [5.74, 6) is 0.521. The molecule has 3 nitrogen and oxygen atoms in total. The summed E-state index contributed by atoms with van der Waals surface area (Å²) in [5, 5.41) is 0. The molecule has 0 amide bonds. The number of hydrogen-bond donors (Lipinski definition) is 0. The molecular weight excluding hydrogens is 537 g/mol. The van der Waals surface area contributed by atoms with Crippen molar-refractivity contribution in [3.05, 3.63) is 132 Å². The van der Waals surface area contributed by atoms with Crippen LogP contribution in [0.1, 0.15) is 58.6 Å². The molecule has 6 rings (SSSR count). The summed E-state index contributed by atoms with van der Waals surface area (Å²) >= 11 is 0. The lowest BCUT2D eigenvalue weighted by Gasteiger charge is -2.32. The monoisotopic (exact) mass is 579 g/mol. The molecule has 1 fully saturated rings. The molecule has 5 aromatic carbocycles. The summed E-state index contributed by atoms with van der Waals surface area (Å²) < 4.78 is 12.8. The van der Waals surface area contributed by atoms with Crippen molar-refractivity contribution in [3.63, 3.8) is 0 Å². The second-order valence-electron chi connectivity index (χ2n) is 13.2. The quantitative estimate of drug-likeness (QED) is 0.179. The minimum Gasteiger partial charge on any atom is -0.399 e. The van der Waals surface area contributed by atoms with E-state index in [0.29, 0.717) is 5.92 Å². The van der Waals surface area contributed by atoms with Crippen LogP contribution in [-0.4, -0.2) is 18.3 Å². The summed E-state index contributed by atoms with van der Waals surface area (Å²) in [5.41, 5.74) is 10.9. The summed E-state index contributed by atoms with van der Waals surface area (Å²) in [6.45, 7) is 15.0. The fourth-order valence-electron chi connectivity index (χ4n) is 5.78. The third kappa shape index (κ3) is 5.85. The van der Waals surface area contributed by atoms with E-state index in [9.17, 15) is 0 Å². The van der Waals surface area contributed by atoms with Crippen molar-refractivity contribution in [1.29, 1.82) is 0 Å². The standard InChI is InChI=1S/C40H42BNO2/c1-28(2)30-13-15-32(16-14-30)34-19-23-36(24-20-34)42(35-21-17-33(18-22-35)31-11-9-8-10-12-31)37-25-26-38(29(3)27-37)41-43-39(4,5)40(6,7)44-41/h8-28H,1-7H3. The fourth-order valence-corrected chi connectivity index (χ4v) is 5.78. The van der Waals surface area contributed by atoms with E-state index in [1.165, 1.54) is 27.8 Å². The highest BCUT2D eigenvalue weighted by molar-refractivity contribution is 6.62. The van der Waals surface area contributed by atoms with Crippen LogP contribution in [0, 0.1) is 6.92 Å². The molecule has 222 valence electrons. The Kier molecular flexibility index (Phi) is 8.00. The molecule has 0 N–H and O–H groups in total. The van der Waals surface area contributed by atoms with Crippen molar-refractivity contribution in [2.45, 2.75) is 65.6 Å². The van der Waals surface area contributed by atoms with Crippen LogP contribution in [0.4, 0.5) is 17.1 Å². The second-order valence-corrected chi connectivity index (χ2v) is 13.2. The molecule has 0 atom stereocenters. The van der Waals surface area contributed by atoms with Crippen LogP contribution in [0.15, 0.2) is 121 Å². The van der Waals surface area contributed by atoms with Gasteiger partial charge in [0.2, 0.25) is 0 Å². The van der Waals surface area contributed by atoms with E-state index in [1.54, 1.807) is 0 Å². The topological polar surface area (TPSA) is 21.7 Å². The van der Waals surface area contributed by atoms with Gasteiger partial charge in [-0.3, -0.25) is 0 Å². The molecule has 0 bridgehead atoms. The van der Waals surface area contributed by atoms with Crippen LogP contribution in [0.25, 0.3) is 22.3 Å². The Hall–Kier alpha value is -4.12. The minimum atomic E-state index is -0.394. The lowest BCUT2D eigenvalue weighted by atomic mass is 9.76. The van der Waals surface area contributed by atoms with Gasteiger partial charge in [-0.05, 0) is 116 Å². The zero-order valence-corrected chi connectivity index (χ0v) is 27.0. The smallest absolute Gasteiger partial charge is 0.399 e. The van der Waals surface area contributed by atoms with Crippen LogP contribution < -0.4 is 10.4 Å². The third-order valence-electron chi connectivity index (χ3n) is 9.29. The first-order valence-electron chi connectivity index (χ1n) is 15.6. The van der Waals surface area contributed by atoms with Crippen LogP contribution in [0.5, 0.6) is 0 Å². The molecule has 4 heteroatoms. The Balaban J connectivity index is 1.36. The largest absolute Gasteiger partial charge is 0.495 e. The second kappa shape index (κ2) is 11.8. The molecule has 0 radical (unpaired) electrons. The average Bonchev–Trinajstić information content (AvgIpc) is 3.24. The van der Waals surface area contributed by atoms with Gasteiger partial charge in [-0.2, -0.15) is 0 Å². The highest BCUT2D eigenvalue weighted by Gasteiger charge is 2.52. The number of aryl methyl sites for hydroxylation is 1. The fraction of sp³-hybridized carbons (Fsp3) is 0.250. The Morgan fingerprint density at radius 1 is 0.545 bits per heavy atom. The predicted octanol–water partition coefficient (Wildman–Crippen LogP) is 10.2. The van der Waals surface area contributed by atoms with E-state index < -0.39 is 7.12 Å². The maximum absolute atomic E-state index is 6.40. The molecule has 0 aliphatic carbocycles. The Morgan fingerprint density at radius 3 is 1.43 bits per heavy atom. The van der Waals surface area contributed by atoms with Gasteiger partial charge in [0, 0.05) is 17.1 Å². The van der Waals surface area contributed by atoms with Crippen molar-refractivity contribution in [3.8, 4) is 22.3 Å². The molecule has 1 aliphatic rings. The zero-order chi connectivity index (χ0) is 31.1. The zero-order valence-electron chi connectivity index (χ0n) is 27.0. The van der Waals surface area contributed by atoms with Gasteiger partial charge in [-0.25, -0.2) is 0 Å². The van der Waals surface area contributed by atoms with Crippen molar-refractivity contribution in [2.24, 2.45) is 0 Å².